The quantitative estimate of drug-likeness (QED) is 0.399. The molecule has 0 bridgehead atoms. The number of para-hydroxylation sites is 1. The molecule has 3 heterocycles. The van der Waals surface area contributed by atoms with Crippen LogP contribution < -0.4 is 0 Å². The van der Waals surface area contributed by atoms with E-state index in [1.165, 1.54) is 18.2 Å². The van der Waals surface area contributed by atoms with Gasteiger partial charge in [-0.05, 0) is 75.9 Å². The molecule has 4 atom stereocenters. The van der Waals surface area contributed by atoms with E-state index in [1.54, 1.807) is 10.4 Å². The van der Waals surface area contributed by atoms with Gasteiger partial charge in [0.05, 0.1) is 4.92 Å². The minimum atomic E-state index is -4.00. The molecule has 3 aliphatic rings. The molecule has 166 valence electrons. The van der Waals surface area contributed by atoms with Gasteiger partial charge in [-0.1, -0.05) is 12.1 Å². The summed E-state index contributed by atoms with van der Waals surface area (Å²) in [7, 11) is -4.00. The number of piperidine rings is 3. The summed E-state index contributed by atoms with van der Waals surface area (Å²) in [4.78, 5) is 13.3. The van der Waals surface area contributed by atoms with E-state index in [4.69, 9.17) is 0 Å². The Morgan fingerprint density at radius 3 is 2.60 bits per heavy atom. The van der Waals surface area contributed by atoms with E-state index in [2.05, 4.69) is 4.90 Å². The van der Waals surface area contributed by atoms with Crippen molar-refractivity contribution in [3.63, 3.8) is 0 Å². The van der Waals surface area contributed by atoms with Crippen LogP contribution in [0.4, 0.5) is 5.69 Å². The van der Waals surface area contributed by atoms with Crippen molar-refractivity contribution >= 4 is 15.7 Å². The lowest BCUT2D eigenvalue weighted by Crippen LogP contribution is -2.65. The number of rotatable bonds is 7. The molecule has 1 aromatic rings. The lowest BCUT2D eigenvalue weighted by Gasteiger charge is -2.57. The average molecular weight is 438 g/mol. The highest BCUT2D eigenvalue weighted by atomic mass is 32.2. The maximum absolute atomic E-state index is 13.7. The minimum absolute atomic E-state index is 0.0898. The summed E-state index contributed by atoms with van der Waals surface area (Å²) in [6.07, 6.45) is 6.20. The number of hydrogen-bond acceptors (Lipinski definition) is 6. The molecule has 0 aromatic heterocycles. The summed E-state index contributed by atoms with van der Waals surface area (Å²) in [5.74, 6) is 0.518. The van der Waals surface area contributed by atoms with E-state index in [0.29, 0.717) is 25.4 Å². The fourth-order valence-corrected chi connectivity index (χ4v) is 7.92. The first-order valence-corrected chi connectivity index (χ1v) is 12.5. The molecule has 1 N–H and O–H groups in total. The van der Waals surface area contributed by atoms with Crippen LogP contribution in [0.3, 0.4) is 0 Å². The van der Waals surface area contributed by atoms with Gasteiger partial charge < -0.3 is 5.11 Å². The van der Waals surface area contributed by atoms with Crippen molar-refractivity contribution in [3.05, 3.63) is 34.4 Å². The summed E-state index contributed by atoms with van der Waals surface area (Å²) in [6, 6.07) is 5.91. The molecule has 0 amide bonds. The van der Waals surface area contributed by atoms with Crippen LogP contribution in [0.1, 0.15) is 44.9 Å². The number of aliphatic hydroxyl groups excluding tert-OH is 1. The second-order valence-corrected chi connectivity index (χ2v) is 10.7. The van der Waals surface area contributed by atoms with Gasteiger partial charge in [-0.2, -0.15) is 4.31 Å². The topological polar surface area (TPSA) is 104 Å². The van der Waals surface area contributed by atoms with Gasteiger partial charge >= 0.3 is 0 Å². The first-order chi connectivity index (χ1) is 14.4. The maximum atomic E-state index is 13.7. The number of aliphatic hydroxyl groups is 1. The van der Waals surface area contributed by atoms with Crippen LogP contribution in [0.25, 0.3) is 0 Å². The highest BCUT2D eigenvalue weighted by Crippen LogP contribution is 2.45. The van der Waals surface area contributed by atoms with Gasteiger partial charge in [0, 0.05) is 31.3 Å². The molecule has 3 saturated heterocycles. The van der Waals surface area contributed by atoms with E-state index in [0.717, 1.165) is 45.2 Å². The Balaban J connectivity index is 1.73. The molecule has 0 spiro atoms. The van der Waals surface area contributed by atoms with E-state index < -0.39 is 14.9 Å². The van der Waals surface area contributed by atoms with Crippen LogP contribution in [0.15, 0.2) is 29.2 Å². The highest BCUT2D eigenvalue weighted by molar-refractivity contribution is 7.89. The second-order valence-electron chi connectivity index (χ2n) is 8.82. The van der Waals surface area contributed by atoms with Gasteiger partial charge in [-0.25, -0.2) is 8.42 Å². The molecule has 0 radical (unpaired) electrons. The molecule has 0 unspecified atom stereocenters. The Bertz CT molecular complexity index is 875. The number of unbranched alkanes of at least 4 members (excludes halogenated alkanes) is 1. The Kier molecular flexibility index (Phi) is 6.43. The van der Waals surface area contributed by atoms with Crippen molar-refractivity contribution in [3.8, 4) is 0 Å². The lowest BCUT2D eigenvalue weighted by atomic mass is 9.70. The third-order valence-corrected chi connectivity index (χ3v) is 9.12. The standard InChI is InChI=1S/C21H31N3O5S/c25-14-4-3-9-18-17-8-6-13-22-12-5-7-16(21(17)22)15-23(18)30(28,29)20-11-2-1-10-19(20)24(26)27/h1-2,10-11,16-18,21,25H,3-9,12-15H2/t16-,17+,18+,21-/m0/s1. The van der Waals surface area contributed by atoms with Crippen LogP contribution in [0.2, 0.25) is 0 Å². The van der Waals surface area contributed by atoms with Crippen molar-refractivity contribution in [2.45, 2.75) is 61.9 Å². The normalized spacial score (nSPS) is 30.0. The summed E-state index contributed by atoms with van der Waals surface area (Å²) in [5, 5.41) is 20.8. The minimum Gasteiger partial charge on any atom is -0.396 e. The van der Waals surface area contributed by atoms with Crippen LogP contribution in [-0.4, -0.2) is 66.0 Å². The Morgan fingerprint density at radius 2 is 1.87 bits per heavy atom. The van der Waals surface area contributed by atoms with E-state index in [-0.39, 0.29) is 35.1 Å². The van der Waals surface area contributed by atoms with Crippen molar-refractivity contribution in [2.75, 3.05) is 26.2 Å². The van der Waals surface area contributed by atoms with Crippen molar-refractivity contribution in [1.82, 2.24) is 9.21 Å². The molecular formula is C21H31N3O5S. The third kappa shape index (κ3) is 3.88. The molecule has 1 aromatic carbocycles. The molecule has 9 heteroatoms. The SMILES string of the molecule is O=[N+]([O-])c1ccccc1S(=O)(=O)N1C[C@@H]2CCCN3CCC[C@@H]([C@H]23)[C@H]1CCCCO. The number of hydrogen-bond donors (Lipinski definition) is 1. The average Bonchev–Trinajstić information content (AvgIpc) is 2.75. The molecule has 0 saturated carbocycles. The fourth-order valence-electron chi connectivity index (χ4n) is 6.01. The van der Waals surface area contributed by atoms with Crippen molar-refractivity contribution in [1.29, 1.82) is 0 Å². The predicted octanol–water partition coefficient (Wildman–Crippen LogP) is 2.62. The van der Waals surface area contributed by atoms with Crippen LogP contribution in [0, 0.1) is 22.0 Å². The molecule has 8 nitrogen and oxygen atoms in total. The zero-order valence-electron chi connectivity index (χ0n) is 17.2. The van der Waals surface area contributed by atoms with Gasteiger partial charge in [0.15, 0.2) is 4.90 Å². The van der Waals surface area contributed by atoms with Gasteiger partial charge in [0.25, 0.3) is 5.69 Å². The number of nitrogens with zero attached hydrogens (tertiary/aromatic N) is 3. The van der Waals surface area contributed by atoms with E-state index in [9.17, 15) is 23.6 Å². The first-order valence-electron chi connectivity index (χ1n) is 11.1. The van der Waals surface area contributed by atoms with Gasteiger partial charge in [-0.15, -0.1) is 0 Å². The molecule has 30 heavy (non-hydrogen) atoms. The van der Waals surface area contributed by atoms with Gasteiger partial charge in [0.2, 0.25) is 10.0 Å². The Morgan fingerprint density at radius 1 is 1.13 bits per heavy atom. The number of nitro benzene ring substituents is 1. The predicted molar refractivity (Wildman–Crippen MR) is 113 cm³/mol. The van der Waals surface area contributed by atoms with Crippen LogP contribution in [-0.2, 0) is 10.0 Å². The summed E-state index contributed by atoms with van der Waals surface area (Å²) >= 11 is 0. The molecule has 3 aliphatic heterocycles. The van der Waals surface area contributed by atoms with Crippen LogP contribution in [0.5, 0.6) is 0 Å². The molecule has 0 aliphatic carbocycles. The summed E-state index contributed by atoms with van der Waals surface area (Å²) < 4.78 is 29.1. The van der Waals surface area contributed by atoms with Gasteiger partial charge in [0.1, 0.15) is 0 Å². The Hall–Kier alpha value is -1.55. The Labute approximate surface area is 178 Å². The number of sulfonamides is 1. The summed E-state index contributed by atoms with van der Waals surface area (Å²) in [6.45, 7) is 2.68. The number of benzene rings is 1. The molecular weight excluding hydrogens is 406 g/mol. The monoisotopic (exact) mass is 437 g/mol. The van der Waals surface area contributed by atoms with E-state index >= 15 is 0 Å². The smallest absolute Gasteiger partial charge is 0.289 e. The van der Waals surface area contributed by atoms with Crippen LogP contribution >= 0.6 is 0 Å². The van der Waals surface area contributed by atoms with Crippen molar-refractivity contribution < 1.29 is 18.4 Å². The third-order valence-electron chi connectivity index (χ3n) is 7.18. The fraction of sp³-hybridized carbons (Fsp3) is 0.714. The molecule has 3 fully saturated rings. The first kappa shape index (κ1) is 21.7. The maximum Gasteiger partial charge on any atom is 0.289 e. The number of nitro groups is 1. The lowest BCUT2D eigenvalue weighted by molar-refractivity contribution is -0.387. The highest BCUT2D eigenvalue weighted by Gasteiger charge is 2.52. The van der Waals surface area contributed by atoms with Crippen molar-refractivity contribution in [2.24, 2.45) is 11.8 Å². The largest absolute Gasteiger partial charge is 0.396 e. The second kappa shape index (κ2) is 8.90. The summed E-state index contributed by atoms with van der Waals surface area (Å²) in [5.41, 5.74) is -0.359. The molecule has 4 rings (SSSR count). The zero-order valence-corrected chi connectivity index (χ0v) is 18.0. The van der Waals surface area contributed by atoms with Gasteiger partial charge in [-0.3, -0.25) is 15.0 Å². The zero-order chi connectivity index (χ0) is 21.3. The van der Waals surface area contributed by atoms with E-state index in [1.807, 2.05) is 0 Å².